The molecule has 0 aromatic heterocycles. The van der Waals surface area contributed by atoms with Crippen molar-refractivity contribution < 1.29 is 32.5 Å². The fourth-order valence-corrected chi connectivity index (χ4v) is 6.96. The molecule has 0 bridgehead atoms. The van der Waals surface area contributed by atoms with Crippen LogP contribution in [0.2, 0.25) is 5.02 Å². The third kappa shape index (κ3) is 5.87. The van der Waals surface area contributed by atoms with E-state index in [1.165, 1.54) is 25.3 Å². The number of nitrogens with one attached hydrogen (secondary N) is 1. The molecule has 0 radical (unpaired) electrons. The average Bonchev–Trinajstić information content (AvgIpc) is 2.99. The minimum atomic E-state index is -4.23. The van der Waals surface area contributed by atoms with Crippen LogP contribution in [0.25, 0.3) is 0 Å². The van der Waals surface area contributed by atoms with Gasteiger partial charge in [-0.3, -0.25) is 4.79 Å². The first-order valence-corrected chi connectivity index (χ1v) is 15.3. The molecule has 5 rings (SSSR count). The monoisotopic (exact) mass is 615 g/mol. The van der Waals surface area contributed by atoms with Crippen molar-refractivity contribution >= 4 is 33.2 Å². The number of amides is 1. The van der Waals surface area contributed by atoms with Crippen LogP contribution in [0.4, 0.5) is 5.69 Å². The van der Waals surface area contributed by atoms with Gasteiger partial charge in [-0.1, -0.05) is 17.7 Å². The summed E-state index contributed by atoms with van der Waals surface area (Å²) < 4.78 is 46.4. The molecule has 12 heteroatoms. The second-order valence-electron chi connectivity index (χ2n) is 10.8. The zero-order valence-corrected chi connectivity index (χ0v) is 25.4. The number of halogens is 1. The van der Waals surface area contributed by atoms with Crippen LogP contribution < -0.4 is 23.8 Å². The Morgan fingerprint density at radius 3 is 2.45 bits per heavy atom. The first-order chi connectivity index (χ1) is 19.9. The van der Waals surface area contributed by atoms with E-state index in [9.17, 15) is 18.3 Å². The number of rotatable bonds is 7. The molecule has 2 heterocycles. The van der Waals surface area contributed by atoms with Crippen molar-refractivity contribution in [1.29, 1.82) is 0 Å². The van der Waals surface area contributed by atoms with Gasteiger partial charge < -0.3 is 29.1 Å². The lowest BCUT2D eigenvalue weighted by molar-refractivity contribution is -0.0603. The first-order valence-electron chi connectivity index (χ1n) is 13.5. The second-order valence-corrected chi connectivity index (χ2v) is 12.9. The maximum absolute atomic E-state index is 13.6. The van der Waals surface area contributed by atoms with Crippen molar-refractivity contribution in [3.05, 3.63) is 76.8 Å². The zero-order chi connectivity index (χ0) is 30.2. The highest BCUT2D eigenvalue weighted by Gasteiger charge is 2.45. The fourth-order valence-electron chi connectivity index (χ4n) is 5.31. The van der Waals surface area contributed by atoms with E-state index in [0.717, 1.165) is 11.4 Å². The molecule has 224 valence electrons. The van der Waals surface area contributed by atoms with Gasteiger partial charge in [0.1, 0.15) is 33.8 Å². The van der Waals surface area contributed by atoms with Crippen molar-refractivity contribution in [2.45, 2.75) is 36.5 Å². The molecule has 1 fully saturated rings. The topological polar surface area (TPSA) is 118 Å². The molecule has 1 amide bonds. The molecule has 2 aliphatic rings. The van der Waals surface area contributed by atoms with Crippen molar-refractivity contribution in [1.82, 2.24) is 9.62 Å². The number of hydrogen-bond acceptors (Lipinski definition) is 8. The van der Waals surface area contributed by atoms with Gasteiger partial charge in [0.25, 0.3) is 5.91 Å². The number of sulfonamides is 1. The van der Waals surface area contributed by atoms with Gasteiger partial charge in [-0.25, -0.2) is 13.1 Å². The molecular formula is C30H34ClN3O7S. The molecular weight excluding hydrogens is 582 g/mol. The van der Waals surface area contributed by atoms with Crippen LogP contribution in [0.5, 0.6) is 17.2 Å². The number of nitrogens with zero attached hydrogens (tertiary/aromatic N) is 2. The van der Waals surface area contributed by atoms with Crippen LogP contribution in [0, 0.1) is 0 Å². The normalized spacial score (nSPS) is 20.0. The standard InChI is InChI=1S/C30H34ClN3O7S/c1-30(2)28(35)27(32-42(37,38)26-17-20(31)9-11-25(26)40-4)23-16-19(8-10-24(23)41-30)29(36)34-14-12-33(13-15-34)21-6-5-7-22(18-21)39-3/h5-11,16-18,27-28,32,35H,12-15H2,1-4H3/t27-,28+/m1/s1. The van der Waals surface area contributed by atoms with E-state index in [0.29, 0.717) is 43.1 Å². The van der Waals surface area contributed by atoms with Crippen LogP contribution in [-0.4, -0.2) is 76.4 Å². The molecule has 0 saturated carbocycles. The summed E-state index contributed by atoms with van der Waals surface area (Å²) in [5, 5.41) is 11.5. The van der Waals surface area contributed by atoms with E-state index in [1.54, 1.807) is 44.1 Å². The molecule has 42 heavy (non-hydrogen) atoms. The Kier molecular flexibility index (Phi) is 8.30. The van der Waals surface area contributed by atoms with E-state index in [2.05, 4.69) is 9.62 Å². The van der Waals surface area contributed by atoms with E-state index < -0.39 is 27.8 Å². The predicted octanol–water partition coefficient (Wildman–Crippen LogP) is 3.87. The lowest BCUT2D eigenvalue weighted by Crippen LogP contribution is -2.53. The van der Waals surface area contributed by atoms with Crippen LogP contribution in [-0.2, 0) is 10.0 Å². The summed E-state index contributed by atoms with van der Waals surface area (Å²) in [4.78, 5) is 17.4. The van der Waals surface area contributed by atoms with Crippen molar-refractivity contribution in [2.24, 2.45) is 0 Å². The summed E-state index contributed by atoms with van der Waals surface area (Å²) in [7, 11) is -1.24. The summed E-state index contributed by atoms with van der Waals surface area (Å²) in [6.07, 6.45) is -1.28. The summed E-state index contributed by atoms with van der Waals surface area (Å²) in [6, 6.07) is 15.8. The number of aliphatic hydroxyl groups is 1. The van der Waals surface area contributed by atoms with Crippen LogP contribution in [0.1, 0.15) is 35.8 Å². The van der Waals surface area contributed by atoms with Gasteiger partial charge in [0.15, 0.2) is 0 Å². The number of ether oxygens (including phenoxy) is 3. The molecule has 0 spiro atoms. The number of fused-ring (bicyclic) bond motifs is 1. The summed E-state index contributed by atoms with van der Waals surface area (Å²) in [5.74, 6) is 1.05. The summed E-state index contributed by atoms with van der Waals surface area (Å²) in [6.45, 7) is 5.63. The van der Waals surface area contributed by atoms with Gasteiger partial charge in [0.05, 0.1) is 20.3 Å². The third-order valence-electron chi connectivity index (χ3n) is 7.68. The molecule has 0 aliphatic carbocycles. The molecule has 2 atom stereocenters. The Morgan fingerprint density at radius 2 is 1.76 bits per heavy atom. The second kappa shape index (κ2) is 11.6. The first kappa shape index (κ1) is 30.0. The minimum Gasteiger partial charge on any atom is -0.497 e. The van der Waals surface area contributed by atoms with E-state index in [-0.39, 0.29) is 21.6 Å². The smallest absolute Gasteiger partial charge is 0.253 e. The number of methoxy groups -OCH3 is 2. The highest BCUT2D eigenvalue weighted by Crippen LogP contribution is 2.42. The molecule has 0 unspecified atom stereocenters. The molecule has 3 aromatic carbocycles. The Labute approximate surface area is 250 Å². The van der Waals surface area contributed by atoms with E-state index in [1.807, 2.05) is 24.3 Å². The van der Waals surface area contributed by atoms with Gasteiger partial charge in [-0.15, -0.1) is 0 Å². The largest absolute Gasteiger partial charge is 0.497 e. The van der Waals surface area contributed by atoms with E-state index >= 15 is 0 Å². The number of carbonyl (C=O) groups is 1. The number of aliphatic hydroxyl groups excluding tert-OH is 1. The number of benzene rings is 3. The Bertz CT molecular complexity index is 1590. The highest BCUT2D eigenvalue weighted by atomic mass is 35.5. The quantitative estimate of drug-likeness (QED) is 0.411. The van der Waals surface area contributed by atoms with Crippen molar-refractivity contribution in [3.8, 4) is 17.2 Å². The average molecular weight is 616 g/mol. The minimum absolute atomic E-state index is 0.102. The summed E-state index contributed by atoms with van der Waals surface area (Å²) in [5.41, 5.74) is 0.618. The van der Waals surface area contributed by atoms with Crippen molar-refractivity contribution in [2.75, 3.05) is 45.3 Å². The van der Waals surface area contributed by atoms with Crippen LogP contribution in [0.3, 0.4) is 0 Å². The van der Waals surface area contributed by atoms with Crippen molar-refractivity contribution in [3.63, 3.8) is 0 Å². The SMILES string of the molecule is COc1cccc(N2CCN(C(=O)c3ccc4c(c3)[C@@H](NS(=O)(=O)c3cc(Cl)ccc3OC)[C@H](O)C(C)(C)O4)CC2)c1. The van der Waals surface area contributed by atoms with E-state index in [4.69, 9.17) is 25.8 Å². The lowest BCUT2D eigenvalue weighted by atomic mass is 9.86. The number of piperazine rings is 1. The van der Waals surface area contributed by atoms with Gasteiger partial charge in [-0.05, 0) is 62.4 Å². The Morgan fingerprint density at radius 1 is 1.02 bits per heavy atom. The van der Waals surface area contributed by atoms with Crippen LogP contribution >= 0.6 is 11.6 Å². The molecule has 3 aromatic rings. The molecule has 10 nitrogen and oxygen atoms in total. The lowest BCUT2D eigenvalue weighted by Gasteiger charge is -2.42. The Hall–Kier alpha value is -3.51. The maximum atomic E-state index is 13.6. The fraction of sp³-hybridized carbons (Fsp3) is 0.367. The predicted molar refractivity (Wildman–Crippen MR) is 159 cm³/mol. The van der Waals surface area contributed by atoms with Gasteiger partial charge in [-0.2, -0.15) is 0 Å². The van der Waals surface area contributed by atoms with Gasteiger partial charge in [0.2, 0.25) is 10.0 Å². The third-order valence-corrected chi connectivity index (χ3v) is 9.37. The molecule has 2 aliphatic heterocycles. The maximum Gasteiger partial charge on any atom is 0.253 e. The molecule has 2 N–H and O–H groups in total. The Balaban J connectivity index is 1.40. The zero-order valence-electron chi connectivity index (χ0n) is 23.8. The summed E-state index contributed by atoms with van der Waals surface area (Å²) >= 11 is 6.10. The number of hydrogen-bond donors (Lipinski definition) is 2. The van der Waals surface area contributed by atoms with Gasteiger partial charge in [0, 0.05) is 54.1 Å². The van der Waals surface area contributed by atoms with Gasteiger partial charge >= 0.3 is 0 Å². The highest BCUT2D eigenvalue weighted by molar-refractivity contribution is 7.89. The number of carbonyl (C=O) groups excluding carboxylic acids is 1. The molecule has 1 saturated heterocycles. The number of anilines is 1. The van der Waals surface area contributed by atoms with Crippen LogP contribution in [0.15, 0.2) is 65.6 Å².